The largest absolute Gasteiger partial charge is 0.329 e. The highest BCUT2D eigenvalue weighted by Gasteiger charge is 2.19. The van der Waals surface area contributed by atoms with E-state index in [0.29, 0.717) is 0 Å². The molecule has 1 rings (SSSR count). The number of nitrogens with zero attached hydrogens (tertiary/aromatic N) is 2. The summed E-state index contributed by atoms with van der Waals surface area (Å²) < 4.78 is 0. The van der Waals surface area contributed by atoms with Crippen LogP contribution in [-0.4, -0.2) is 56.1 Å². The van der Waals surface area contributed by atoms with E-state index < -0.39 is 0 Å². The Labute approximate surface area is 107 Å². The SMILES string of the molecule is CC(C)CCN(C)CC1CCN(CCN)CC1. The summed E-state index contributed by atoms with van der Waals surface area (Å²) in [4.78, 5) is 5.02. The molecule has 3 nitrogen and oxygen atoms in total. The lowest BCUT2D eigenvalue weighted by atomic mass is 9.96. The van der Waals surface area contributed by atoms with Gasteiger partial charge in [-0.2, -0.15) is 0 Å². The smallest absolute Gasteiger partial charge is 0.0105 e. The van der Waals surface area contributed by atoms with Gasteiger partial charge in [0.15, 0.2) is 0 Å². The molecule has 0 amide bonds. The highest BCUT2D eigenvalue weighted by Crippen LogP contribution is 2.18. The minimum atomic E-state index is 0.805. The van der Waals surface area contributed by atoms with Gasteiger partial charge >= 0.3 is 0 Å². The van der Waals surface area contributed by atoms with Gasteiger partial charge in [0.05, 0.1) is 0 Å². The Morgan fingerprint density at radius 3 is 2.47 bits per heavy atom. The molecule has 2 N–H and O–H groups in total. The van der Waals surface area contributed by atoms with Gasteiger partial charge in [-0.05, 0) is 57.8 Å². The Morgan fingerprint density at radius 1 is 1.29 bits per heavy atom. The summed E-state index contributed by atoms with van der Waals surface area (Å²) in [5, 5.41) is 0. The van der Waals surface area contributed by atoms with E-state index in [-0.39, 0.29) is 0 Å². The van der Waals surface area contributed by atoms with E-state index in [1.807, 2.05) is 0 Å². The molecule has 0 aromatic carbocycles. The van der Waals surface area contributed by atoms with Crippen molar-refractivity contribution in [3.63, 3.8) is 0 Å². The zero-order chi connectivity index (χ0) is 12.7. The molecule has 0 unspecified atom stereocenters. The van der Waals surface area contributed by atoms with Crippen LogP contribution < -0.4 is 5.73 Å². The summed E-state index contributed by atoms with van der Waals surface area (Å²) in [6.45, 7) is 11.5. The summed E-state index contributed by atoms with van der Waals surface area (Å²) in [5.41, 5.74) is 5.59. The average molecular weight is 241 g/mol. The van der Waals surface area contributed by atoms with Crippen molar-refractivity contribution in [2.45, 2.75) is 33.1 Å². The quantitative estimate of drug-likeness (QED) is 0.735. The summed E-state index contributed by atoms with van der Waals surface area (Å²) >= 11 is 0. The maximum Gasteiger partial charge on any atom is 0.0105 e. The number of hydrogen-bond donors (Lipinski definition) is 1. The second-order valence-electron chi connectivity index (χ2n) is 6.02. The van der Waals surface area contributed by atoms with Crippen LogP contribution in [0, 0.1) is 11.8 Å². The van der Waals surface area contributed by atoms with Crippen molar-refractivity contribution >= 4 is 0 Å². The van der Waals surface area contributed by atoms with Crippen molar-refractivity contribution < 1.29 is 0 Å². The highest BCUT2D eigenvalue weighted by molar-refractivity contribution is 4.74. The van der Waals surface area contributed by atoms with Gasteiger partial charge in [-0.1, -0.05) is 13.8 Å². The van der Waals surface area contributed by atoms with E-state index >= 15 is 0 Å². The lowest BCUT2D eigenvalue weighted by molar-refractivity contribution is 0.155. The molecule has 0 spiro atoms. The fraction of sp³-hybridized carbons (Fsp3) is 1.00. The Hall–Kier alpha value is -0.120. The van der Waals surface area contributed by atoms with Crippen LogP contribution in [-0.2, 0) is 0 Å². The lowest BCUT2D eigenvalue weighted by Crippen LogP contribution is -2.40. The number of rotatable bonds is 7. The molecular weight excluding hydrogens is 210 g/mol. The van der Waals surface area contributed by atoms with Crippen LogP contribution in [0.2, 0.25) is 0 Å². The van der Waals surface area contributed by atoms with Crippen LogP contribution in [0.15, 0.2) is 0 Å². The second kappa shape index (κ2) is 8.06. The fourth-order valence-electron chi connectivity index (χ4n) is 2.59. The average Bonchev–Trinajstić information content (AvgIpc) is 2.29. The Morgan fingerprint density at radius 2 is 1.94 bits per heavy atom. The molecule has 1 aliphatic heterocycles. The van der Waals surface area contributed by atoms with Gasteiger partial charge in [0.2, 0.25) is 0 Å². The van der Waals surface area contributed by atoms with Gasteiger partial charge in [-0.3, -0.25) is 0 Å². The van der Waals surface area contributed by atoms with Crippen molar-refractivity contribution in [2.75, 3.05) is 46.3 Å². The van der Waals surface area contributed by atoms with E-state index in [1.165, 1.54) is 45.4 Å². The molecule has 17 heavy (non-hydrogen) atoms. The van der Waals surface area contributed by atoms with Crippen molar-refractivity contribution in [2.24, 2.45) is 17.6 Å². The molecule has 0 aliphatic carbocycles. The predicted octanol–water partition coefficient (Wildman–Crippen LogP) is 1.64. The fourth-order valence-corrected chi connectivity index (χ4v) is 2.59. The first-order chi connectivity index (χ1) is 8.11. The topological polar surface area (TPSA) is 32.5 Å². The third-order valence-electron chi connectivity index (χ3n) is 3.81. The molecule has 0 bridgehead atoms. The zero-order valence-electron chi connectivity index (χ0n) is 12.0. The van der Waals surface area contributed by atoms with Gasteiger partial charge < -0.3 is 15.5 Å². The molecule has 1 saturated heterocycles. The van der Waals surface area contributed by atoms with Gasteiger partial charge in [-0.15, -0.1) is 0 Å². The maximum atomic E-state index is 5.59. The molecule has 3 heteroatoms. The summed E-state index contributed by atoms with van der Waals surface area (Å²) in [7, 11) is 2.27. The van der Waals surface area contributed by atoms with Crippen LogP contribution in [0.5, 0.6) is 0 Å². The normalized spacial score (nSPS) is 19.4. The molecule has 102 valence electrons. The Bertz CT molecular complexity index is 186. The number of nitrogens with two attached hydrogens (primary N) is 1. The van der Waals surface area contributed by atoms with Crippen LogP contribution in [0.1, 0.15) is 33.1 Å². The molecule has 0 radical (unpaired) electrons. The Kier molecular flexibility index (Phi) is 7.09. The van der Waals surface area contributed by atoms with E-state index in [1.54, 1.807) is 0 Å². The van der Waals surface area contributed by atoms with Gasteiger partial charge in [0.25, 0.3) is 0 Å². The predicted molar refractivity (Wildman–Crippen MR) is 75.2 cm³/mol. The third kappa shape index (κ3) is 6.39. The number of likely N-dealkylation sites (tertiary alicyclic amines) is 1. The molecule has 0 saturated carbocycles. The summed E-state index contributed by atoms with van der Waals surface area (Å²) in [5.74, 6) is 1.73. The monoisotopic (exact) mass is 241 g/mol. The first kappa shape index (κ1) is 14.9. The van der Waals surface area contributed by atoms with E-state index in [0.717, 1.165) is 24.9 Å². The van der Waals surface area contributed by atoms with E-state index in [9.17, 15) is 0 Å². The summed E-state index contributed by atoms with van der Waals surface area (Å²) in [6.07, 6.45) is 4.03. The number of hydrogen-bond acceptors (Lipinski definition) is 3. The molecule has 0 aromatic rings. The van der Waals surface area contributed by atoms with Crippen molar-refractivity contribution in [3.8, 4) is 0 Å². The van der Waals surface area contributed by atoms with Crippen molar-refractivity contribution in [3.05, 3.63) is 0 Å². The molecule has 0 atom stereocenters. The Balaban J connectivity index is 2.12. The van der Waals surface area contributed by atoms with Crippen molar-refractivity contribution in [1.29, 1.82) is 0 Å². The molecule has 1 heterocycles. The first-order valence-corrected chi connectivity index (χ1v) is 7.22. The van der Waals surface area contributed by atoms with E-state index in [4.69, 9.17) is 5.73 Å². The zero-order valence-corrected chi connectivity index (χ0v) is 12.0. The van der Waals surface area contributed by atoms with Crippen LogP contribution >= 0.6 is 0 Å². The molecular formula is C14H31N3. The summed E-state index contributed by atoms with van der Waals surface area (Å²) in [6, 6.07) is 0. The minimum absolute atomic E-state index is 0.805. The van der Waals surface area contributed by atoms with Gasteiger partial charge in [0.1, 0.15) is 0 Å². The molecule has 0 aromatic heterocycles. The molecule has 1 aliphatic rings. The van der Waals surface area contributed by atoms with Gasteiger partial charge in [-0.25, -0.2) is 0 Å². The third-order valence-corrected chi connectivity index (χ3v) is 3.81. The van der Waals surface area contributed by atoms with Crippen molar-refractivity contribution in [1.82, 2.24) is 9.80 Å². The lowest BCUT2D eigenvalue weighted by Gasteiger charge is -2.33. The molecule has 1 fully saturated rings. The van der Waals surface area contributed by atoms with Crippen LogP contribution in [0.25, 0.3) is 0 Å². The van der Waals surface area contributed by atoms with Crippen LogP contribution in [0.3, 0.4) is 0 Å². The van der Waals surface area contributed by atoms with Gasteiger partial charge in [0, 0.05) is 19.6 Å². The first-order valence-electron chi connectivity index (χ1n) is 7.22. The minimum Gasteiger partial charge on any atom is -0.329 e. The van der Waals surface area contributed by atoms with E-state index in [2.05, 4.69) is 30.7 Å². The standard InChI is InChI=1S/C14H31N3/c1-13(2)4-8-16(3)12-14-5-9-17(10-6-14)11-7-15/h13-14H,4-12,15H2,1-3H3. The second-order valence-corrected chi connectivity index (χ2v) is 6.02. The highest BCUT2D eigenvalue weighted by atomic mass is 15.1. The maximum absolute atomic E-state index is 5.59. The van der Waals surface area contributed by atoms with Crippen LogP contribution in [0.4, 0.5) is 0 Å². The number of piperidine rings is 1.